The Bertz CT molecular complexity index is 2360. The molecule has 0 unspecified atom stereocenters. The molecule has 2 heterocycles. The van der Waals surface area contributed by atoms with Gasteiger partial charge in [-0.3, -0.25) is 4.98 Å². The lowest BCUT2D eigenvalue weighted by molar-refractivity contribution is 1.14. The van der Waals surface area contributed by atoms with Crippen LogP contribution in [0.25, 0.3) is 10.9 Å². The Morgan fingerprint density at radius 1 is 0.448 bits per heavy atom. The van der Waals surface area contributed by atoms with Gasteiger partial charge in [-0.15, -0.1) is 0 Å². The first-order valence-corrected chi connectivity index (χ1v) is 21.0. The largest absolute Gasteiger partial charge is 0.399 e. The molecule has 0 fully saturated rings. The fourth-order valence-electron chi connectivity index (χ4n) is 4.97. The number of pyridine rings is 1. The van der Waals surface area contributed by atoms with Crippen molar-refractivity contribution >= 4 is 73.9 Å². The molecule has 67 heavy (non-hydrogen) atoms. The number of benzene rings is 7. The van der Waals surface area contributed by atoms with Crippen molar-refractivity contribution in [3.63, 3.8) is 0 Å². The van der Waals surface area contributed by atoms with E-state index in [0.29, 0.717) is 27.1 Å². The number of aromatic amines is 1. The van der Waals surface area contributed by atoms with Crippen LogP contribution in [0.2, 0.25) is 10.0 Å². The van der Waals surface area contributed by atoms with Crippen LogP contribution in [0.4, 0.5) is 39.8 Å². The highest BCUT2D eigenvalue weighted by molar-refractivity contribution is 6.33. The van der Waals surface area contributed by atoms with Gasteiger partial charge in [-0.05, 0) is 134 Å². The van der Waals surface area contributed by atoms with Crippen LogP contribution in [0, 0.1) is 13.8 Å². The Hall–Kier alpha value is -7.59. The highest BCUT2D eigenvalue weighted by Crippen LogP contribution is 2.18. The Morgan fingerprint density at radius 3 is 1.24 bits per heavy atom. The second-order valence-electron chi connectivity index (χ2n) is 13.7. The predicted octanol–water partition coefficient (Wildman–Crippen LogP) is 14.8. The first kappa shape index (κ1) is 61.5. The third-order valence-corrected chi connectivity index (χ3v) is 8.78. The molecule has 0 bridgehead atoms. The van der Waals surface area contributed by atoms with Crippen molar-refractivity contribution in [3.8, 4) is 0 Å². The van der Waals surface area contributed by atoms with E-state index < -0.39 is 0 Å². The van der Waals surface area contributed by atoms with Crippen LogP contribution in [0.5, 0.6) is 0 Å². The number of H-pyrrole nitrogens is 1. The fourth-order valence-corrected chi connectivity index (χ4v) is 5.31. The van der Waals surface area contributed by atoms with Gasteiger partial charge in [-0.25, -0.2) is 0 Å². The molecule has 356 valence electrons. The number of aryl methyl sites for hydroxylation is 3. The molecular weight excluding hydrogens is 870 g/mol. The quantitative estimate of drug-likeness (QED) is 0.0740. The van der Waals surface area contributed by atoms with E-state index >= 15 is 0 Å². The summed E-state index contributed by atoms with van der Waals surface area (Å²) in [6.07, 6.45) is 6.33. The number of aromatic nitrogens is 2. The average molecular weight is 943 g/mol. The molecule has 0 atom stereocenters. The van der Waals surface area contributed by atoms with Gasteiger partial charge in [0.25, 0.3) is 0 Å². The molecule has 15 N–H and O–H groups in total. The standard InChI is InChI=1S/C8H8N2.C8H10.2C7H9N.2C6H6ClN.C6H7N.C5H6N2.3CH4/c9-7-2-1-3-8-6(7)4-5-10-8;1-2-8-6-4-3-5-7-8;2*1-6-3-2-4-7(8)5-6;7-5-2-1-3-6(8)4-5;7-5-3-1-2-4-6(5)8;7-6-4-2-1-3-5-6;6-5-2-1-3-7-4-5;;;/h1-5,10H,9H2;3-7H,2H2,1H3;2*2-5H,8H2,1H3;2*1-4H,8H2;1-5H,7H2;1-4H,6H2;3*1H4. The number of halogens is 2. The highest BCUT2D eigenvalue weighted by Gasteiger charge is 1.94. The van der Waals surface area contributed by atoms with Crippen LogP contribution in [0.15, 0.2) is 213 Å². The SMILES string of the molecule is C.C.C.CCc1ccccc1.Cc1cccc(N)c1.Cc1cccc(N)c1.Nc1cccc(Cl)c1.Nc1cccc2[nH]ccc12.Nc1ccccc1.Nc1ccccc1Cl.Nc1cccnc1. The van der Waals surface area contributed by atoms with Crippen molar-refractivity contribution in [2.45, 2.75) is 49.5 Å². The topological polar surface area (TPSA) is 211 Å². The Labute approximate surface area is 411 Å². The molecule has 0 aliphatic heterocycles. The number of anilines is 7. The summed E-state index contributed by atoms with van der Waals surface area (Å²) >= 11 is 11.1. The number of hydrogen-bond acceptors (Lipinski definition) is 8. The number of nitrogens with two attached hydrogens (primary N) is 7. The van der Waals surface area contributed by atoms with E-state index in [2.05, 4.69) is 41.2 Å². The minimum Gasteiger partial charge on any atom is -0.399 e. The maximum atomic E-state index is 5.68. The molecule has 0 saturated carbocycles. The molecule has 9 rings (SSSR count). The van der Waals surface area contributed by atoms with Gasteiger partial charge in [0, 0.05) is 63.0 Å². The zero-order valence-electron chi connectivity index (χ0n) is 36.7. The number of rotatable bonds is 1. The average Bonchev–Trinajstić information content (AvgIpc) is 3.78. The maximum absolute atomic E-state index is 5.68. The van der Waals surface area contributed by atoms with Crippen molar-refractivity contribution in [1.29, 1.82) is 0 Å². The lowest BCUT2D eigenvalue weighted by Crippen LogP contribution is -1.82. The molecule has 0 saturated heterocycles. The van der Waals surface area contributed by atoms with Gasteiger partial charge < -0.3 is 45.1 Å². The van der Waals surface area contributed by atoms with Crippen molar-refractivity contribution in [2.24, 2.45) is 0 Å². The third kappa shape index (κ3) is 29.5. The van der Waals surface area contributed by atoms with Crippen LogP contribution < -0.4 is 40.1 Å². The van der Waals surface area contributed by atoms with E-state index in [4.69, 9.17) is 63.3 Å². The first-order chi connectivity index (χ1) is 30.8. The molecule has 9 nitrogen and oxygen atoms in total. The molecular formula is C56H73Cl2N9. The van der Waals surface area contributed by atoms with Gasteiger partial charge in [0.1, 0.15) is 0 Å². The summed E-state index contributed by atoms with van der Waals surface area (Å²) in [5, 5.41) is 2.40. The van der Waals surface area contributed by atoms with E-state index in [9.17, 15) is 0 Å². The number of nitrogens with one attached hydrogen (secondary N) is 1. The molecule has 2 aromatic heterocycles. The zero-order chi connectivity index (χ0) is 47.0. The molecule has 9 aromatic rings. The maximum Gasteiger partial charge on any atom is 0.0635 e. The van der Waals surface area contributed by atoms with Crippen molar-refractivity contribution in [1.82, 2.24) is 9.97 Å². The highest BCUT2D eigenvalue weighted by atomic mass is 35.5. The number of nitrogen functional groups attached to an aromatic ring is 7. The number of hydrogen-bond donors (Lipinski definition) is 8. The summed E-state index contributed by atoms with van der Waals surface area (Å²) in [6.45, 7) is 6.21. The van der Waals surface area contributed by atoms with Crippen LogP contribution in [0.3, 0.4) is 0 Å². The van der Waals surface area contributed by atoms with E-state index in [-0.39, 0.29) is 22.3 Å². The van der Waals surface area contributed by atoms with Gasteiger partial charge in [0.15, 0.2) is 0 Å². The number of nitrogens with zero attached hydrogens (tertiary/aromatic N) is 1. The summed E-state index contributed by atoms with van der Waals surface area (Å²) in [5.41, 5.74) is 48.3. The Balaban J connectivity index is 0. The second kappa shape index (κ2) is 36.7. The smallest absolute Gasteiger partial charge is 0.0635 e. The van der Waals surface area contributed by atoms with Crippen molar-refractivity contribution in [3.05, 3.63) is 239 Å². The van der Waals surface area contributed by atoms with E-state index in [1.54, 1.807) is 54.9 Å². The van der Waals surface area contributed by atoms with Gasteiger partial charge >= 0.3 is 0 Å². The summed E-state index contributed by atoms with van der Waals surface area (Å²) in [5.74, 6) is 0. The number of para-hydroxylation sites is 2. The Morgan fingerprint density at radius 2 is 0.910 bits per heavy atom. The van der Waals surface area contributed by atoms with Gasteiger partial charge in [0.2, 0.25) is 0 Å². The molecule has 0 spiro atoms. The first-order valence-electron chi connectivity index (χ1n) is 20.2. The Kier molecular flexibility index (Phi) is 33.7. The van der Waals surface area contributed by atoms with Crippen molar-refractivity contribution < 1.29 is 0 Å². The summed E-state index contributed by atoms with van der Waals surface area (Å²) in [4.78, 5) is 6.84. The van der Waals surface area contributed by atoms with Crippen molar-refractivity contribution in [2.75, 3.05) is 40.1 Å². The lowest BCUT2D eigenvalue weighted by atomic mass is 10.2. The molecule has 0 radical (unpaired) electrons. The monoisotopic (exact) mass is 942 g/mol. The molecule has 0 amide bonds. The van der Waals surface area contributed by atoms with Crippen LogP contribution >= 0.6 is 23.2 Å². The second-order valence-corrected chi connectivity index (χ2v) is 14.6. The normalized spacial score (nSPS) is 8.79. The van der Waals surface area contributed by atoms with Crippen LogP contribution in [-0.2, 0) is 6.42 Å². The zero-order valence-corrected chi connectivity index (χ0v) is 38.2. The molecule has 11 heteroatoms. The lowest BCUT2D eigenvalue weighted by Gasteiger charge is -1.92. The predicted molar refractivity (Wildman–Crippen MR) is 301 cm³/mol. The molecule has 7 aromatic carbocycles. The molecule has 0 aliphatic rings. The molecule has 0 aliphatic carbocycles. The summed E-state index contributed by atoms with van der Waals surface area (Å²) in [6, 6.07) is 61.3. The minimum absolute atomic E-state index is 0. The summed E-state index contributed by atoms with van der Waals surface area (Å²) < 4.78 is 0. The van der Waals surface area contributed by atoms with Gasteiger partial charge in [0.05, 0.1) is 16.4 Å². The number of fused-ring (bicyclic) bond motifs is 1. The van der Waals surface area contributed by atoms with Gasteiger partial charge in [-0.1, -0.05) is 149 Å². The van der Waals surface area contributed by atoms with Gasteiger partial charge in [-0.2, -0.15) is 0 Å². The summed E-state index contributed by atoms with van der Waals surface area (Å²) in [7, 11) is 0. The third-order valence-electron chi connectivity index (χ3n) is 8.20. The van der Waals surface area contributed by atoms with E-state index in [0.717, 1.165) is 40.1 Å². The van der Waals surface area contributed by atoms with Crippen LogP contribution in [0.1, 0.15) is 45.9 Å². The van der Waals surface area contributed by atoms with E-state index in [1.807, 2.05) is 147 Å². The van der Waals surface area contributed by atoms with E-state index in [1.165, 1.54) is 16.7 Å². The minimum atomic E-state index is 0. The van der Waals surface area contributed by atoms with Crippen LogP contribution in [-0.4, -0.2) is 9.97 Å². The fraction of sp³-hybridized carbons (Fsp3) is 0.125.